The normalized spacial score (nSPS) is 13.1. The number of hydrogen-bond donors (Lipinski definition) is 2. The summed E-state index contributed by atoms with van der Waals surface area (Å²) in [6, 6.07) is 91.0. The van der Waals surface area contributed by atoms with Crippen molar-refractivity contribution in [1.29, 1.82) is 10.7 Å². The zero-order valence-corrected chi connectivity index (χ0v) is 44.1. The number of likely N-dealkylation sites (N-methyl/N-ethyl adjacent to an activating group) is 1. The van der Waals surface area contributed by atoms with Gasteiger partial charge in [-0.05, 0) is 131 Å². The first-order valence-corrected chi connectivity index (χ1v) is 26.4. The molecule has 0 saturated carbocycles. The quantitative estimate of drug-likeness (QED) is 0.0892. The Balaban J connectivity index is 1.26. The fraction of sp³-hybridized carbons (Fsp3) is 0.0833. The van der Waals surface area contributed by atoms with Gasteiger partial charge >= 0.3 is 0 Å². The van der Waals surface area contributed by atoms with Gasteiger partial charge in [0.15, 0.2) is 5.66 Å². The van der Waals surface area contributed by atoms with Crippen LogP contribution in [0.5, 0.6) is 0 Å². The van der Waals surface area contributed by atoms with E-state index < -0.39 is 11.3 Å². The van der Waals surface area contributed by atoms with E-state index in [2.05, 4.69) is 216 Å². The lowest BCUT2D eigenvalue weighted by molar-refractivity contribution is 0.120. The number of hydrogen-bond acceptors (Lipinski definition) is 4. The fourth-order valence-electron chi connectivity index (χ4n) is 11.5. The Morgan fingerprint density at radius 3 is 1.12 bits per heavy atom. The molecule has 1 atom stereocenters. The van der Waals surface area contributed by atoms with Gasteiger partial charge in [0.2, 0.25) is 0 Å². The zero-order valence-electron chi connectivity index (χ0n) is 44.1. The predicted octanol–water partition coefficient (Wildman–Crippen LogP) is 17.5. The van der Waals surface area contributed by atoms with Crippen LogP contribution >= 0.6 is 0 Å². The molecule has 0 saturated heterocycles. The number of aromatic nitrogens is 2. The molecule has 0 amide bonds. The van der Waals surface area contributed by atoms with Crippen molar-refractivity contribution in [3.8, 4) is 50.6 Å². The summed E-state index contributed by atoms with van der Waals surface area (Å²) in [5, 5.41) is 38.7. The summed E-state index contributed by atoms with van der Waals surface area (Å²) in [4.78, 5) is 2.22. The van der Waals surface area contributed by atoms with Crippen LogP contribution in [0.4, 0.5) is 0 Å². The van der Waals surface area contributed by atoms with Crippen LogP contribution in [-0.4, -0.2) is 37.5 Å². The summed E-state index contributed by atoms with van der Waals surface area (Å²) < 4.78 is 4.61. The molecule has 0 radical (unpaired) electrons. The van der Waals surface area contributed by atoms with Gasteiger partial charge in [0.05, 0.1) is 50.7 Å². The molecule has 6 heteroatoms. The third kappa shape index (κ3) is 8.67. The Morgan fingerprint density at radius 1 is 0.449 bits per heavy atom. The van der Waals surface area contributed by atoms with E-state index in [4.69, 9.17) is 0 Å². The van der Waals surface area contributed by atoms with Crippen molar-refractivity contribution in [2.24, 2.45) is 0 Å². The standard InChI is InChI=1S/C72H57N5O/c1-71(2,78)63(48-73)70(76-65-39-35-55(49-23-11-5-12-24-49)43-59(65)60-44-56(36-40-66(60)76)50-25-13-6-14-26-50)72(3,75(4)69(54-33-21-10-22-34-54)47-64(74)53-31-19-9-20-32-53)77-67-41-37-57(51-27-15-7-16-28-51)45-61(67)62-46-58(38-42-68(62)77)52-29-17-8-18-30-52/h5-47,74,78H,1-4H3/b69-47-,70-63+,74-64?. The molecule has 0 spiro atoms. The Hall–Kier alpha value is -9.80. The molecule has 2 heterocycles. The van der Waals surface area contributed by atoms with Gasteiger partial charge in [-0.25, -0.2) is 0 Å². The molecular weight excluding hydrogens is 951 g/mol. The van der Waals surface area contributed by atoms with E-state index in [9.17, 15) is 15.8 Å². The second kappa shape index (κ2) is 20.0. The van der Waals surface area contributed by atoms with E-state index in [0.29, 0.717) is 11.4 Å². The molecule has 0 aliphatic rings. The molecule has 0 fully saturated rings. The minimum Gasteiger partial charge on any atom is -0.385 e. The number of benzene rings is 10. The Bertz CT molecular complexity index is 4120. The number of aliphatic hydroxyl groups is 1. The first-order valence-electron chi connectivity index (χ1n) is 26.4. The maximum atomic E-state index is 12.8. The number of fused-ring (bicyclic) bond motifs is 6. The number of rotatable bonds is 13. The molecular formula is C72H57N5O. The molecule has 12 aromatic rings. The molecule has 2 N–H and O–H groups in total. The maximum absolute atomic E-state index is 12.8. The zero-order chi connectivity index (χ0) is 53.5. The van der Waals surface area contributed by atoms with Gasteiger partial charge < -0.3 is 24.5 Å². The van der Waals surface area contributed by atoms with E-state index in [1.165, 1.54) is 0 Å². The maximum Gasteiger partial charge on any atom is 0.157 e. The van der Waals surface area contributed by atoms with Gasteiger partial charge in [0.1, 0.15) is 0 Å². The topological polar surface area (TPSA) is 81.0 Å². The number of nitriles is 1. The molecule has 0 aliphatic carbocycles. The van der Waals surface area contributed by atoms with Gasteiger partial charge in [-0.3, -0.25) is 0 Å². The molecule has 0 bridgehead atoms. The number of allylic oxidation sites excluding steroid dienone is 1. The van der Waals surface area contributed by atoms with E-state index in [0.717, 1.165) is 105 Å². The van der Waals surface area contributed by atoms with E-state index in [1.54, 1.807) is 13.8 Å². The summed E-state index contributed by atoms with van der Waals surface area (Å²) in [6.07, 6.45) is 1.94. The minimum atomic E-state index is -1.67. The van der Waals surface area contributed by atoms with Gasteiger partial charge in [-0.1, -0.05) is 206 Å². The summed E-state index contributed by atoms with van der Waals surface area (Å²) in [7, 11) is 2.07. The third-order valence-electron chi connectivity index (χ3n) is 15.5. The fourth-order valence-corrected chi connectivity index (χ4v) is 11.5. The van der Waals surface area contributed by atoms with Crippen LogP contribution in [-0.2, 0) is 5.66 Å². The average molecular weight is 1010 g/mol. The van der Waals surface area contributed by atoms with Crippen molar-refractivity contribution in [2.75, 3.05) is 7.05 Å². The van der Waals surface area contributed by atoms with Crippen molar-refractivity contribution in [1.82, 2.24) is 14.0 Å². The predicted molar refractivity (Wildman–Crippen MR) is 325 cm³/mol. The third-order valence-corrected chi connectivity index (χ3v) is 15.5. The molecule has 1 unspecified atom stereocenters. The summed E-state index contributed by atoms with van der Waals surface area (Å²) in [5.74, 6) is 0. The van der Waals surface area contributed by atoms with Crippen LogP contribution < -0.4 is 0 Å². The van der Waals surface area contributed by atoms with Gasteiger partial charge in [-0.2, -0.15) is 5.26 Å². The molecule has 10 aromatic carbocycles. The molecule has 6 nitrogen and oxygen atoms in total. The lowest BCUT2D eigenvalue weighted by atomic mass is 9.89. The van der Waals surface area contributed by atoms with E-state index in [1.807, 2.05) is 78.9 Å². The van der Waals surface area contributed by atoms with Crippen LogP contribution in [0.2, 0.25) is 0 Å². The lowest BCUT2D eigenvalue weighted by Gasteiger charge is -2.47. The molecule has 0 aliphatic heterocycles. The Kier molecular flexibility index (Phi) is 12.6. The van der Waals surface area contributed by atoms with Crippen LogP contribution in [0.25, 0.3) is 99.5 Å². The highest BCUT2D eigenvalue weighted by molar-refractivity contribution is 6.15. The number of nitrogens with zero attached hydrogens (tertiary/aromatic N) is 4. The monoisotopic (exact) mass is 1010 g/mol. The molecule has 376 valence electrons. The lowest BCUT2D eigenvalue weighted by Crippen LogP contribution is -2.49. The van der Waals surface area contributed by atoms with Crippen LogP contribution in [0.3, 0.4) is 0 Å². The van der Waals surface area contributed by atoms with Crippen molar-refractivity contribution >= 4 is 60.7 Å². The van der Waals surface area contributed by atoms with Gasteiger partial charge in [0.25, 0.3) is 0 Å². The highest BCUT2D eigenvalue weighted by Crippen LogP contribution is 2.50. The molecule has 78 heavy (non-hydrogen) atoms. The second-order valence-electron chi connectivity index (χ2n) is 20.7. The van der Waals surface area contributed by atoms with Crippen molar-refractivity contribution in [3.63, 3.8) is 0 Å². The van der Waals surface area contributed by atoms with Crippen LogP contribution in [0.1, 0.15) is 31.9 Å². The van der Waals surface area contributed by atoms with E-state index in [-0.39, 0.29) is 5.57 Å². The molecule has 2 aromatic heterocycles. The Labute approximate surface area is 455 Å². The van der Waals surface area contributed by atoms with Crippen molar-refractivity contribution < 1.29 is 5.11 Å². The van der Waals surface area contributed by atoms with Crippen molar-refractivity contribution in [3.05, 3.63) is 278 Å². The SMILES string of the molecule is CN(/C(=C\C(=N)c1ccccc1)c1ccccc1)C(C)(/C(=C(/C#N)C(C)(C)O)n1c2ccc(-c3ccccc3)cc2c2cc(-c3ccccc3)ccc21)n1c2ccc(-c3ccccc3)cc2c2cc(-c3ccccc3)ccc21. The van der Waals surface area contributed by atoms with E-state index >= 15 is 0 Å². The first-order chi connectivity index (χ1) is 38.0. The van der Waals surface area contributed by atoms with Crippen LogP contribution in [0.15, 0.2) is 266 Å². The largest absolute Gasteiger partial charge is 0.385 e. The number of nitrogens with one attached hydrogen (secondary N) is 1. The van der Waals surface area contributed by atoms with Gasteiger partial charge in [-0.15, -0.1) is 0 Å². The minimum absolute atomic E-state index is 0.178. The average Bonchev–Trinajstić information content (AvgIpc) is 3.88. The summed E-state index contributed by atoms with van der Waals surface area (Å²) in [6.45, 7) is 5.60. The van der Waals surface area contributed by atoms with Gasteiger partial charge in [0, 0.05) is 34.3 Å². The molecule has 12 rings (SSSR count). The first kappa shape index (κ1) is 49.1. The highest BCUT2D eigenvalue weighted by Gasteiger charge is 2.46. The smallest absolute Gasteiger partial charge is 0.157 e. The van der Waals surface area contributed by atoms with Crippen molar-refractivity contribution in [2.45, 2.75) is 32.0 Å². The highest BCUT2D eigenvalue weighted by atomic mass is 16.3. The summed E-state index contributed by atoms with van der Waals surface area (Å²) in [5.41, 5.74) is 12.5. The second-order valence-corrected chi connectivity index (χ2v) is 20.7. The Morgan fingerprint density at radius 2 is 0.769 bits per heavy atom. The van der Waals surface area contributed by atoms with Crippen LogP contribution in [0, 0.1) is 16.7 Å². The summed E-state index contributed by atoms with van der Waals surface area (Å²) >= 11 is 0.